The highest BCUT2D eigenvalue weighted by atomic mass is 16.7. The van der Waals surface area contributed by atoms with E-state index >= 15 is 0 Å². The van der Waals surface area contributed by atoms with Crippen molar-refractivity contribution in [2.24, 2.45) is 0 Å². The summed E-state index contributed by atoms with van der Waals surface area (Å²) in [6, 6.07) is 13.9. The van der Waals surface area contributed by atoms with Gasteiger partial charge < -0.3 is 9.25 Å². The average molecular weight is 213 g/mol. The van der Waals surface area contributed by atoms with Crippen molar-refractivity contribution in [2.45, 2.75) is 6.61 Å². The summed E-state index contributed by atoms with van der Waals surface area (Å²) in [6.07, 6.45) is 3.56. The number of hydrogen-bond acceptors (Lipinski definition) is 2. The molecule has 0 aliphatic carbocycles. The second kappa shape index (κ2) is 3.77. The van der Waals surface area contributed by atoms with E-state index in [0.717, 1.165) is 11.3 Å². The van der Waals surface area contributed by atoms with Gasteiger partial charge in [0.1, 0.15) is 5.76 Å². The van der Waals surface area contributed by atoms with Crippen LogP contribution in [0.5, 0.6) is 0 Å². The molecule has 2 heterocycles. The number of para-hydroxylation sites is 1. The van der Waals surface area contributed by atoms with Gasteiger partial charge in [0, 0.05) is 11.6 Å². The van der Waals surface area contributed by atoms with Crippen LogP contribution in [0, 0.1) is 0 Å². The molecule has 0 atom stereocenters. The highest BCUT2D eigenvalue weighted by molar-refractivity contribution is 5.79. The maximum Gasteiger partial charge on any atom is 0.172 e. The minimum absolute atomic E-state index is 0.436. The minimum atomic E-state index is 0.436. The zero-order chi connectivity index (χ0) is 10.8. The highest BCUT2D eigenvalue weighted by Gasteiger charge is 2.01. The first-order chi connectivity index (χ1) is 7.93. The molecule has 3 aromatic rings. The van der Waals surface area contributed by atoms with Crippen molar-refractivity contribution in [3.63, 3.8) is 0 Å². The first-order valence-electron chi connectivity index (χ1n) is 5.15. The molecule has 0 amide bonds. The molecule has 80 valence electrons. The molecule has 0 radical (unpaired) electrons. The van der Waals surface area contributed by atoms with Crippen molar-refractivity contribution in [1.29, 1.82) is 0 Å². The monoisotopic (exact) mass is 213 g/mol. The summed E-state index contributed by atoms with van der Waals surface area (Å²) in [6.45, 7) is 0.436. The van der Waals surface area contributed by atoms with Gasteiger partial charge >= 0.3 is 0 Å². The van der Waals surface area contributed by atoms with Crippen molar-refractivity contribution in [3.05, 3.63) is 60.7 Å². The Labute approximate surface area is 92.8 Å². The lowest BCUT2D eigenvalue weighted by Gasteiger charge is -2.06. The van der Waals surface area contributed by atoms with Crippen molar-refractivity contribution < 1.29 is 9.25 Å². The van der Waals surface area contributed by atoms with E-state index in [-0.39, 0.29) is 0 Å². The lowest BCUT2D eigenvalue weighted by molar-refractivity contribution is 0.0942. The zero-order valence-corrected chi connectivity index (χ0v) is 8.67. The van der Waals surface area contributed by atoms with Crippen LogP contribution < -0.4 is 4.84 Å². The third-order valence-electron chi connectivity index (χ3n) is 2.49. The molecule has 0 N–H and O–H groups in total. The van der Waals surface area contributed by atoms with E-state index in [0.29, 0.717) is 6.61 Å². The lowest BCUT2D eigenvalue weighted by Crippen LogP contribution is -2.08. The Morgan fingerprint density at radius 1 is 1.06 bits per heavy atom. The number of benzene rings is 1. The van der Waals surface area contributed by atoms with Crippen LogP contribution >= 0.6 is 0 Å². The summed E-state index contributed by atoms with van der Waals surface area (Å²) in [5.74, 6) is 0.817. The maximum atomic E-state index is 5.63. The van der Waals surface area contributed by atoms with Crippen molar-refractivity contribution in [2.75, 3.05) is 0 Å². The van der Waals surface area contributed by atoms with Gasteiger partial charge in [-0.3, -0.25) is 0 Å². The number of furan rings is 1. The van der Waals surface area contributed by atoms with Crippen LogP contribution in [0.4, 0.5) is 0 Å². The lowest BCUT2D eigenvalue weighted by atomic mass is 10.3. The van der Waals surface area contributed by atoms with E-state index in [1.54, 1.807) is 11.0 Å². The first-order valence-corrected chi connectivity index (χ1v) is 5.15. The number of hydrogen-bond donors (Lipinski definition) is 0. The molecule has 0 fully saturated rings. The quantitative estimate of drug-likeness (QED) is 0.669. The summed E-state index contributed by atoms with van der Waals surface area (Å²) < 4.78 is 6.97. The van der Waals surface area contributed by atoms with Gasteiger partial charge in [0.05, 0.1) is 11.8 Å². The molecular formula is C13H11NO2. The minimum Gasteiger partial charge on any atom is -0.466 e. The molecule has 0 spiro atoms. The first kappa shape index (κ1) is 9.09. The molecular weight excluding hydrogens is 202 g/mol. The number of fused-ring (bicyclic) bond motifs is 1. The van der Waals surface area contributed by atoms with Gasteiger partial charge in [-0.05, 0) is 24.3 Å². The number of aromatic nitrogens is 1. The normalized spacial score (nSPS) is 10.8. The Morgan fingerprint density at radius 2 is 2.00 bits per heavy atom. The van der Waals surface area contributed by atoms with E-state index in [1.165, 1.54) is 5.39 Å². The Hall–Kier alpha value is -2.16. The summed E-state index contributed by atoms with van der Waals surface area (Å²) in [5, 5.41) is 1.17. The molecule has 0 aliphatic rings. The SMILES string of the molecule is c1coc(COn2ccc3ccccc32)c1. The van der Waals surface area contributed by atoms with Gasteiger partial charge in [0.15, 0.2) is 6.61 Å². The van der Waals surface area contributed by atoms with E-state index < -0.39 is 0 Å². The predicted molar refractivity (Wildman–Crippen MR) is 60.9 cm³/mol. The molecule has 3 heteroatoms. The molecule has 1 aromatic carbocycles. The second-order valence-electron chi connectivity index (χ2n) is 3.55. The fraction of sp³-hybridized carbons (Fsp3) is 0.0769. The molecule has 0 bridgehead atoms. The maximum absolute atomic E-state index is 5.63. The number of rotatable bonds is 3. The van der Waals surface area contributed by atoms with E-state index in [4.69, 9.17) is 9.25 Å². The summed E-state index contributed by atoms with van der Waals surface area (Å²) >= 11 is 0. The van der Waals surface area contributed by atoms with Gasteiger partial charge in [0.25, 0.3) is 0 Å². The van der Waals surface area contributed by atoms with Crippen LogP contribution in [0.15, 0.2) is 59.3 Å². The molecule has 0 unspecified atom stereocenters. The average Bonchev–Trinajstić information content (AvgIpc) is 2.96. The largest absolute Gasteiger partial charge is 0.466 e. The fourth-order valence-corrected chi connectivity index (χ4v) is 1.70. The molecule has 0 saturated carbocycles. The van der Waals surface area contributed by atoms with Gasteiger partial charge in [-0.2, -0.15) is 4.73 Å². The highest BCUT2D eigenvalue weighted by Crippen LogP contribution is 2.14. The molecule has 16 heavy (non-hydrogen) atoms. The Bertz CT molecular complexity index is 581. The van der Waals surface area contributed by atoms with Gasteiger partial charge in [-0.15, -0.1) is 0 Å². The Balaban J connectivity index is 1.84. The fourth-order valence-electron chi connectivity index (χ4n) is 1.70. The van der Waals surface area contributed by atoms with E-state index in [9.17, 15) is 0 Å². The van der Waals surface area contributed by atoms with Gasteiger partial charge in [-0.25, -0.2) is 0 Å². The molecule has 3 nitrogen and oxygen atoms in total. The van der Waals surface area contributed by atoms with Crippen LogP contribution in [0.1, 0.15) is 5.76 Å². The Kier molecular flexibility index (Phi) is 2.14. The van der Waals surface area contributed by atoms with Gasteiger partial charge in [0.2, 0.25) is 0 Å². The Morgan fingerprint density at radius 3 is 2.88 bits per heavy atom. The smallest absolute Gasteiger partial charge is 0.172 e. The molecule has 0 aliphatic heterocycles. The van der Waals surface area contributed by atoms with Crippen molar-refractivity contribution >= 4 is 10.9 Å². The van der Waals surface area contributed by atoms with Crippen LogP contribution in [0.25, 0.3) is 10.9 Å². The third-order valence-corrected chi connectivity index (χ3v) is 2.49. The topological polar surface area (TPSA) is 27.3 Å². The summed E-state index contributed by atoms with van der Waals surface area (Å²) in [4.78, 5) is 5.63. The zero-order valence-electron chi connectivity index (χ0n) is 8.67. The van der Waals surface area contributed by atoms with E-state index in [1.807, 2.05) is 42.6 Å². The third kappa shape index (κ3) is 1.56. The molecule has 3 rings (SSSR count). The van der Waals surface area contributed by atoms with E-state index in [2.05, 4.69) is 6.07 Å². The molecule has 0 saturated heterocycles. The molecule has 2 aromatic heterocycles. The van der Waals surface area contributed by atoms with Gasteiger partial charge in [-0.1, -0.05) is 18.2 Å². The predicted octanol–water partition coefficient (Wildman–Crippen LogP) is 2.86. The standard InChI is InChI=1S/C13H11NO2/c1-2-6-13-11(4-1)7-8-14(13)16-10-12-5-3-9-15-12/h1-9H,10H2. The van der Waals surface area contributed by atoms with Crippen LogP contribution in [0.3, 0.4) is 0 Å². The van der Waals surface area contributed by atoms with Crippen LogP contribution in [-0.4, -0.2) is 4.73 Å². The van der Waals surface area contributed by atoms with Crippen molar-refractivity contribution in [1.82, 2.24) is 4.73 Å². The van der Waals surface area contributed by atoms with Crippen LogP contribution in [0.2, 0.25) is 0 Å². The summed E-state index contributed by atoms with van der Waals surface area (Å²) in [5.41, 5.74) is 1.06. The van der Waals surface area contributed by atoms with Crippen molar-refractivity contribution in [3.8, 4) is 0 Å². The van der Waals surface area contributed by atoms with Crippen LogP contribution in [-0.2, 0) is 6.61 Å². The number of nitrogens with zero attached hydrogens (tertiary/aromatic N) is 1. The second-order valence-corrected chi connectivity index (χ2v) is 3.55. The summed E-state index contributed by atoms with van der Waals surface area (Å²) in [7, 11) is 0.